The van der Waals surface area contributed by atoms with Crippen LogP contribution >= 0.6 is 34.2 Å². The van der Waals surface area contributed by atoms with Crippen molar-refractivity contribution in [2.24, 2.45) is 4.99 Å². The lowest BCUT2D eigenvalue weighted by Crippen LogP contribution is -2.48. The lowest BCUT2D eigenvalue weighted by Gasteiger charge is -2.33. The number of benzene rings is 2. The lowest BCUT2D eigenvalue weighted by atomic mass is 10.1. The average Bonchev–Trinajstić information content (AvgIpc) is 3.20. The molecule has 0 bridgehead atoms. The summed E-state index contributed by atoms with van der Waals surface area (Å²) in [6.45, 7) is 1.91. The number of hydrazine groups is 1. The fraction of sp³-hybridized carbons (Fsp3) is 0.190. The van der Waals surface area contributed by atoms with Crippen molar-refractivity contribution in [2.75, 3.05) is 0 Å². The molecule has 0 fully saturated rings. The van der Waals surface area contributed by atoms with E-state index in [2.05, 4.69) is 38.2 Å². The molecule has 1 aliphatic rings. The van der Waals surface area contributed by atoms with E-state index in [1.54, 1.807) is 29.3 Å². The molecular formula is C21H18ClIN6O3. The molecule has 32 heavy (non-hydrogen) atoms. The molecule has 164 valence electrons. The van der Waals surface area contributed by atoms with E-state index >= 15 is 0 Å². The molecule has 2 heterocycles. The standard InChI is InChI=1S/C21H18ClIN6O3/c1-2-5-16(30)27-28-20(23)19-18(17(25-26-19)12-6-3-8-14(22)10-12)24-21(28)13-7-4-9-15(11-13)29(31)32/h3-4,6-11,20H,2,5H2,1H3,(H,25,26)(H,27,30). The zero-order valence-electron chi connectivity index (χ0n) is 16.9. The van der Waals surface area contributed by atoms with Crippen LogP contribution in [0.3, 0.4) is 0 Å². The van der Waals surface area contributed by atoms with E-state index in [0.29, 0.717) is 46.3 Å². The maximum absolute atomic E-state index is 12.4. The second kappa shape index (κ2) is 9.25. The Morgan fingerprint density at radius 3 is 2.75 bits per heavy atom. The molecule has 1 aromatic heterocycles. The van der Waals surface area contributed by atoms with Crippen LogP contribution in [0.1, 0.15) is 35.1 Å². The zero-order chi connectivity index (χ0) is 22.8. The molecule has 0 saturated carbocycles. The second-order valence-electron chi connectivity index (χ2n) is 7.08. The van der Waals surface area contributed by atoms with Crippen LogP contribution < -0.4 is 5.43 Å². The number of hydrogen-bond donors (Lipinski definition) is 2. The third kappa shape index (κ3) is 4.32. The quantitative estimate of drug-likeness (QED) is 0.139. The van der Waals surface area contributed by atoms with E-state index in [1.807, 2.05) is 19.1 Å². The summed E-state index contributed by atoms with van der Waals surface area (Å²) in [6, 6.07) is 13.4. The fourth-order valence-electron chi connectivity index (χ4n) is 3.35. The topological polar surface area (TPSA) is 117 Å². The van der Waals surface area contributed by atoms with Crippen molar-refractivity contribution < 1.29 is 9.72 Å². The number of aromatic nitrogens is 2. The monoisotopic (exact) mass is 564 g/mol. The fourth-order valence-corrected chi connectivity index (χ4v) is 4.38. The van der Waals surface area contributed by atoms with Crippen molar-refractivity contribution in [2.45, 2.75) is 23.8 Å². The average molecular weight is 565 g/mol. The normalized spacial score (nSPS) is 15.2. The molecule has 0 spiro atoms. The molecule has 1 aliphatic heterocycles. The van der Waals surface area contributed by atoms with Crippen molar-refractivity contribution in [3.63, 3.8) is 0 Å². The third-order valence-electron chi connectivity index (χ3n) is 4.81. The molecule has 3 aromatic rings. The number of nitro groups is 1. The van der Waals surface area contributed by atoms with Crippen LogP contribution in [0.4, 0.5) is 11.4 Å². The highest BCUT2D eigenvalue weighted by Gasteiger charge is 2.34. The highest BCUT2D eigenvalue weighted by molar-refractivity contribution is 14.1. The van der Waals surface area contributed by atoms with Gasteiger partial charge in [-0.25, -0.2) is 10.0 Å². The van der Waals surface area contributed by atoms with E-state index in [4.69, 9.17) is 16.6 Å². The molecule has 1 amide bonds. The highest BCUT2D eigenvalue weighted by Crippen LogP contribution is 2.43. The number of nitrogens with zero attached hydrogens (tertiary/aromatic N) is 4. The van der Waals surface area contributed by atoms with Gasteiger partial charge in [-0.3, -0.25) is 25.4 Å². The summed E-state index contributed by atoms with van der Waals surface area (Å²) in [6.07, 6.45) is 1.02. The first kappa shape index (κ1) is 22.2. The predicted octanol–water partition coefficient (Wildman–Crippen LogP) is 5.30. The summed E-state index contributed by atoms with van der Waals surface area (Å²) in [4.78, 5) is 28.1. The number of amidine groups is 1. The van der Waals surface area contributed by atoms with Crippen molar-refractivity contribution >= 4 is 57.3 Å². The first-order valence-electron chi connectivity index (χ1n) is 9.79. The maximum atomic E-state index is 12.4. The molecule has 0 radical (unpaired) electrons. The Morgan fingerprint density at radius 2 is 2.03 bits per heavy atom. The van der Waals surface area contributed by atoms with Crippen LogP contribution in [0.15, 0.2) is 53.5 Å². The Kier molecular flexibility index (Phi) is 6.42. The Bertz CT molecular complexity index is 1230. The Labute approximate surface area is 202 Å². The molecule has 1 unspecified atom stereocenters. The number of hydrogen-bond acceptors (Lipinski definition) is 6. The Balaban J connectivity index is 1.86. The molecule has 11 heteroatoms. The minimum Gasteiger partial charge on any atom is -0.277 e. The van der Waals surface area contributed by atoms with Crippen LogP contribution in [0, 0.1) is 10.1 Å². The van der Waals surface area contributed by atoms with E-state index in [-0.39, 0.29) is 15.6 Å². The number of H-pyrrole nitrogens is 1. The molecule has 4 rings (SSSR count). The number of alkyl halides is 1. The summed E-state index contributed by atoms with van der Waals surface area (Å²) in [7, 11) is 0. The number of aromatic amines is 1. The number of carbonyl (C=O) groups excluding carboxylic acids is 1. The molecule has 0 saturated heterocycles. The number of amides is 1. The number of nitrogens with one attached hydrogen (secondary N) is 2. The summed E-state index contributed by atoms with van der Waals surface area (Å²) < 4.78 is -0.379. The van der Waals surface area contributed by atoms with E-state index < -0.39 is 4.92 Å². The molecule has 0 aliphatic carbocycles. The van der Waals surface area contributed by atoms with Gasteiger partial charge in [-0.05, 0) is 41.1 Å². The number of halogens is 2. The maximum Gasteiger partial charge on any atom is 0.270 e. The molecular weight excluding hydrogens is 547 g/mol. The second-order valence-corrected chi connectivity index (χ2v) is 8.69. The van der Waals surface area contributed by atoms with Crippen LogP contribution in [0.5, 0.6) is 0 Å². The van der Waals surface area contributed by atoms with E-state index in [9.17, 15) is 14.9 Å². The van der Waals surface area contributed by atoms with E-state index in [0.717, 1.165) is 5.56 Å². The zero-order valence-corrected chi connectivity index (χ0v) is 19.8. The summed E-state index contributed by atoms with van der Waals surface area (Å²) in [5.41, 5.74) is 6.00. The van der Waals surface area contributed by atoms with Gasteiger partial charge in [0.2, 0.25) is 5.91 Å². The van der Waals surface area contributed by atoms with Gasteiger partial charge in [0.05, 0.1) is 10.6 Å². The van der Waals surface area contributed by atoms with Crippen molar-refractivity contribution in [3.05, 3.63) is 74.9 Å². The predicted molar refractivity (Wildman–Crippen MR) is 130 cm³/mol. The third-order valence-corrected chi connectivity index (χ3v) is 6.23. The summed E-state index contributed by atoms with van der Waals surface area (Å²) in [5.74, 6) is 0.208. The van der Waals surface area contributed by atoms with Gasteiger partial charge >= 0.3 is 0 Å². The van der Waals surface area contributed by atoms with Crippen molar-refractivity contribution in [3.8, 4) is 11.3 Å². The van der Waals surface area contributed by atoms with Gasteiger partial charge in [0.15, 0.2) is 5.84 Å². The number of rotatable bonds is 6. The largest absolute Gasteiger partial charge is 0.277 e. The molecule has 1 atom stereocenters. The number of aliphatic imine (C=N–C) groups is 1. The number of carbonyl (C=O) groups is 1. The molecule has 2 N–H and O–H groups in total. The van der Waals surface area contributed by atoms with Gasteiger partial charge in [0.25, 0.3) is 5.69 Å². The molecule has 9 nitrogen and oxygen atoms in total. The van der Waals surface area contributed by atoms with Crippen LogP contribution in [-0.2, 0) is 4.79 Å². The first-order valence-corrected chi connectivity index (χ1v) is 11.4. The summed E-state index contributed by atoms with van der Waals surface area (Å²) in [5, 5.41) is 21.0. The van der Waals surface area contributed by atoms with Gasteiger partial charge in [-0.15, -0.1) is 0 Å². The lowest BCUT2D eigenvalue weighted by molar-refractivity contribution is -0.384. The Morgan fingerprint density at radius 1 is 1.28 bits per heavy atom. The van der Waals surface area contributed by atoms with Crippen molar-refractivity contribution in [1.29, 1.82) is 0 Å². The first-order chi connectivity index (χ1) is 15.4. The van der Waals surface area contributed by atoms with Gasteiger partial charge in [0, 0.05) is 34.7 Å². The SMILES string of the molecule is CCCC(=O)NN1C(c2cccc([N+](=O)[O-])c2)=Nc2c(-c3cccc(Cl)c3)n[nH]c2C1I. The number of non-ortho nitro benzene ring substituents is 1. The summed E-state index contributed by atoms with van der Waals surface area (Å²) >= 11 is 8.34. The van der Waals surface area contributed by atoms with Crippen molar-refractivity contribution in [1.82, 2.24) is 20.6 Å². The van der Waals surface area contributed by atoms with Gasteiger partial charge in [0.1, 0.15) is 15.4 Å². The highest BCUT2D eigenvalue weighted by atomic mass is 127. The Hall–Kier alpha value is -2.99. The van der Waals surface area contributed by atoms with Gasteiger partial charge in [-0.2, -0.15) is 5.10 Å². The van der Waals surface area contributed by atoms with Crippen LogP contribution in [0.2, 0.25) is 5.02 Å². The minimum atomic E-state index is -0.463. The minimum absolute atomic E-state index is 0.0666. The number of fused-ring (bicyclic) bond motifs is 1. The molecule has 2 aromatic carbocycles. The van der Waals surface area contributed by atoms with Gasteiger partial charge in [-0.1, -0.05) is 42.8 Å². The van der Waals surface area contributed by atoms with Crippen LogP contribution in [0.25, 0.3) is 11.3 Å². The number of nitro benzene ring substituents is 1. The smallest absolute Gasteiger partial charge is 0.270 e. The van der Waals surface area contributed by atoms with Gasteiger partial charge < -0.3 is 0 Å². The van der Waals surface area contributed by atoms with E-state index in [1.165, 1.54) is 12.1 Å². The van der Waals surface area contributed by atoms with Crippen LogP contribution in [-0.4, -0.2) is 31.9 Å².